The van der Waals surface area contributed by atoms with E-state index in [4.69, 9.17) is 11.6 Å². The molecule has 2 bridgehead atoms. The predicted molar refractivity (Wildman–Crippen MR) is 137 cm³/mol. The van der Waals surface area contributed by atoms with Gasteiger partial charge < -0.3 is 4.90 Å². The lowest BCUT2D eigenvalue weighted by molar-refractivity contribution is 0.0745. The first-order valence-corrected chi connectivity index (χ1v) is 13.1. The van der Waals surface area contributed by atoms with Crippen LogP contribution in [0.3, 0.4) is 0 Å². The van der Waals surface area contributed by atoms with Crippen LogP contribution in [0.1, 0.15) is 72.1 Å². The summed E-state index contributed by atoms with van der Waals surface area (Å²) in [4.78, 5) is 22.3. The average Bonchev–Trinajstić information content (AvgIpc) is 3.41. The second-order valence-corrected chi connectivity index (χ2v) is 10.9. The highest BCUT2D eigenvalue weighted by molar-refractivity contribution is 6.35. The Balaban J connectivity index is 1.05. The van der Waals surface area contributed by atoms with Crippen molar-refractivity contribution in [3.8, 4) is 0 Å². The molecular weight excluding hydrogens is 442 g/mol. The van der Waals surface area contributed by atoms with Crippen LogP contribution in [-0.4, -0.2) is 40.8 Å². The van der Waals surface area contributed by atoms with E-state index in [1.165, 1.54) is 45.1 Å². The first-order valence-electron chi connectivity index (χ1n) is 12.7. The minimum atomic E-state index is 0.0585. The van der Waals surface area contributed by atoms with Gasteiger partial charge in [0.05, 0.1) is 10.5 Å². The summed E-state index contributed by atoms with van der Waals surface area (Å²) >= 11 is 6.30. The van der Waals surface area contributed by atoms with Gasteiger partial charge in [0, 0.05) is 49.4 Å². The molecule has 3 aliphatic rings. The van der Waals surface area contributed by atoms with Crippen molar-refractivity contribution in [3.63, 3.8) is 0 Å². The normalized spacial score (nSPS) is 26.1. The highest BCUT2D eigenvalue weighted by Crippen LogP contribution is 2.53. The van der Waals surface area contributed by atoms with Crippen LogP contribution in [0.4, 0.5) is 0 Å². The van der Waals surface area contributed by atoms with Crippen LogP contribution in [0, 0.1) is 11.8 Å². The molecule has 3 aromatic rings. The number of amides is 1. The van der Waals surface area contributed by atoms with Gasteiger partial charge in [0.15, 0.2) is 0 Å². The summed E-state index contributed by atoms with van der Waals surface area (Å²) in [5.41, 5.74) is 4.55. The van der Waals surface area contributed by atoms with E-state index in [-0.39, 0.29) is 5.91 Å². The predicted octanol–water partition coefficient (Wildman–Crippen LogP) is 6.66. The van der Waals surface area contributed by atoms with Gasteiger partial charge >= 0.3 is 0 Å². The Morgan fingerprint density at radius 1 is 0.941 bits per heavy atom. The average molecular weight is 474 g/mol. The van der Waals surface area contributed by atoms with Crippen LogP contribution in [-0.2, 0) is 0 Å². The Labute approximate surface area is 206 Å². The number of carbonyl (C=O) groups is 1. The Bertz CT molecular complexity index is 1190. The third-order valence-corrected chi connectivity index (χ3v) is 8.80. The Hall–Kier alpha value is -2.43. The van der Waals surface area contributed by atoms with Crippen LogP contribution in [0.5, 0.6) is 0 Å². The Kier molecular flexibility index (Phi) is 5.82. The summed E-state index contributed by atoms with van der Waals surface area (Å²) < 4.78 is 0. The van der Waals surface area contributed by atoms with E-state index in [0.717, 1.165) is 17.8 Å². The highest BCUT2D eigenvalue weighted by atomic mass is 35.5. The number of hydrogen-bond donors (Lipinski definition) is 0. The number of aromatic nitrogens is 1. The fraction of sp³-hybridized carbons (Fsp3) is 0.448. The molecule has 0 N–H and O–H groups in total. The van der Waals surface area contributed by atoms with Gasteiger partial charge in [0.1, 0.15) is 0 Å². The summed E-state index contributed by atoms with van der Waals surface area (Å²) in [6.45, 7) is 2.05. The molecule has 2 unspecified atom stereocenters. The van der Waals surface area contributed by atoms with Crippen molar-refractivity contribution in [1.82, 2.24) is 14.8 Å². The molecular formula is C29H32ClN3O. The maximum absolute atomic E-state index is 13.3. The van der Waals surface area contributed by atoms with Gasteiger partial charge in [-0.15, -0.1) is 0 Å². The lowest BCUT2D eigenvalue weighted by Gasteiger charge is -2.34. The van der Waals surface area contributed by atoms with Crippen LogP contribution in [0.25, 0.3) is 10.9 Å². The van der Waals surface area contributed by atoms with Gasteiger partial charge in [-0.05, 0) is 79.7 Å². The lowest BCUT2D eigenvalue weighted by Crippen LogP contribution is -2.35. The number of benzene rings is 2. The number of nitrogens with zero attached hydrogens (tertiary/aromatic N) is 3. The molecule has 1 amide bonds. The number of halogens is 1. The summed E-state index contributed by atoms with van der Waals surface area (Å²) in [6.07, 6.45) is 9.32. The number of carbonyl (C=O) groups excluding carboxylic acids is 1. The molecule has 2 atom stereocenters. The molecule has 4 nitrogen and oxygen atoms in total. The third kappa shape index (κ3) is 3.81. The van der Waals surface area contributed by atoms with Crippen molar-refractivity contribution in [3.05, 3.63) is 76.4 Å². The van der Waals surface area contributed by atoms with Crippen LogP contribution >= 0.6 is 11.6 Å². The van der Waals surface area contributed by atoms with Gasteiger partial charge in [-0.1, -0.05) is 41.9 Å². The second-order valence-electron chi connectivity index (χ2n) is 10.5. The van der Waals surface area contributed by atoms with Gasteiger partial charge in [0.25, 0.3) is 5.91 Å². The van der Waals surface area contributed by atoms with E-state index >= 15 is 0 Å². The fourth-order valence-electron chi connectivity index (χ4n) is 6.80. The Morgan fingerprint density at radius 3 is 2.32 bits per heavy atom. The van der Waals surface area contributed by atoms with Gasteiger partial charge in [0.2, 0.25) is 0 Å². The van der Waals surface area contributed by atoms with E-state index in [9.17, 15) is 4.79 Å². The quantitative estimate of drug-likeness (QED) is 0.415. The SMILES string of the molecule is CN(CC1CCC(CN2C3CCC2c2ccccc23)CC1)C(=O)c1ccc(Cl)c2ncccc12. The number of rotatable bonds is 5. The number of fused-ring (bicyclic) bond motifs is 6. The molecule has 1 aliphatic carbocycles. The summed E-state index contributed by atoms with van der Waals surface area (Å²) in [7, 11) is 1.93. The molecule has 1 saturated heterocycles. The highest BCUT2D eigenvalue weighted by Gasteiger charge is 2.44. The molecule has 3 heterocycles. The minimum Gasteiger partial charge on any atom is -0.341 e. The van der Waals surface area contributed by atoms with Gasteiger partial charge in [-0.25, -0.2) is 0 Å². The zero-order chi connectivity index (χ0) is 23.2. The van der Waals surface area contributed by atoms with Crippen LogP contribution in [0.15, 0.2) is 54.7 Å². The first kappa shape index (κ1) is 22.1. The molecule has 2 aliphatic heterocycles. The zero-order valence-corrected chi connectivity index (χ0v) is 20.5. The molecule has 5 heteroatoms. The topological polar surface area (TPSA) is 36.4 Å². The van der Waals surface area contributed by atoms with Gasteiger partial charge in [-0.3, -0.25) is 14.7 Å². The molecule has 1 aromatic heterocycles. The summed E-state index contributed by atoms with van der Waals surface area (Å²) in [5.74, 6) is 1.42. The smallest absolute Gasteiger partial charge is 0.254 e. The maximum Gasteiger partial charge on any atom is 0.254 e. The van der Waals surface area contributed by atoms with Crippen LogP contribution < -0.4 is 0 Å². The van der Waals surface area contributed by atoms with E-state index in [2.05, 4.69) is 34.1 Å². The lowest BCUT2D eigenvalue weighted by atomic mass is 9.81. The molecule has 6 rings (SSSR count). The fourth-order valence-corrected chi connectivity index (χ4v) is 7.01. The molecule has 0 radical (unpaired) electrons. The number of pyridine rings is 1. The van der Waals surface area contributed by atoms with Crippen molar-refractivity contribution >= 4 is 28.4 Å². The standard InChI is InChI=1S/C29H32ClN3O/c1-32(29(34)24-12-13-25(30)28-23(24)7-4-16-31-28)17-19-8-10-20(11-9-19)18-33-26-14-15-27(33)22-6-3-2-5-21(22)26/h2-7,12-13,16,19-20,26-27H,8-11,14-15,17-18H2,1H3. The molecule has 34 heavy (non-hydrogen) atoms. The summed E-state index contributed by atoms with van der Waals surface area (Å²) in [6, 6.07) is 17.8. The maximum atomic E-state index is 13.3. The van der Waals surface area contributed by atoms with E-state index in [0.29, 0.717) is 34.1 Å². The molecule has 176 valence electrons. The first-order chi connectivity index (χ1) is 16.6. The molecule has 2 fully saturated rings. The Morgan fingerprint density at radius 2 is 1.62 bits per heavy atom. The molecule has 1 saturated carbocycles. The summed E-state index contributed by atoms with van der Waals surface area (Å²) in [5, 5.41) is 1.42. The minimum absolute atomic E-state index is 0.0585. The number of hydrogen-bond acceptors (Lipinski definition) is 3. The largest absolute Gasteiger partial charge is 0.341 e. The van der Waals surface area contributed by atoms with E-state index in [1.807, 2.05) is 30.1 Å². The van der Waals surface area contributed by atoms with Crippen molar-refractivity contribution in [2.75, 3.05) is 20.1 Å². The zero-order valence-electron chi connectivity index (χ0n) is 19.8. The molecule has 2 aromatic carbocycles. The van der Waals surface area contributed by atoms with Crippen molar-refractivity contribution in [2.45, 2.75) is 50.6 Å². The van der Waals surface area contributed by atoms with Crippen molar-refractivity contribution in [2.24, 2.45) is 11.8 Å². The molecule has 0 spiro atoms. The van der Waals surface area contributed by atoms with Crippen molar-refractivity contribution < 1.29 is 4.79 Å². The van der Waals surface area contributed by atoms with Crippen LogP contribution in [0.2, 0.25) is 5.02 Å². The van der Waals surface area contributed by atoms with E-state index < -0.39 is 0 Å². The van der Waals surface area contributed by atoms with Crippen molar-refractivity contribution in [1.29, 1.82) is 0 Å². The second kappa shape index (κ2) is 8.98. The monoisotopic (exact) mass is 473 g/mol. The van der Waals surface area contributed by atoms with Gasteiger partial charge in [-0.2, -0.15) is 0 Å². The van der Waals surface area contributed by atoms with E-state index in [1.54, 1.807) is 23.4 Å². The third-order valence-electron chi connectivity index (χ3n) is 8.49.